The van der Waals surface area contributed by atoms with E-state index in [0.717, 1.165) is 17.0 Å². The van der Waals surface area contributed by atoms with E-state index in [1.807, 2.05) is 31.2 Å². The van der Waals surface area contributed by atoms with Gasteiger partial charge in [-0.15, -0.1) is 5.10 Å². The molecule has 0 aliphatic heterocycles. The van der Waals surface area contributed by atoms with Gasteiger partial charge in [0.05, 0.1) is 0 Å². The molecule has 0 saturated heterocycles. The van der Waals surface area contributed by atoms with E-state index >= 15 is 0 Å². The summed E-state index contributed by atoms with van der Waals surface area (Å²) in [6, 6.07) is 8.21. The average Bonchev–Trinajstić information content (AvgIpc) is 2.68. The van der Waals surface area contributed by atoms with Crippen LogP contribution in [0.15, 0.2) is 36.6 Å². The summed E-state index contributed by atoms with van der Waals surface area (Å²) in [6.45, 7) is 5.36. The number of hydrogen-bond acceptors (Lipinski definition) is 4. The van der Waals surface area contributed by atoms with Gasteiger partial charge in [0.25, 0.3) is 0 Å². The predicted octanol–water partition coefficient (Wildman–Crippen LogP) is 2.24. The average molecular weight is 245 g/mol. The lowest BCUT2D eigenvalue weighted by Crippen LogP contribution is -2.01. The van der Waals surface area contributed by atoms with Crippen LogP contribution < -0.4 is 4.74 Å². The fourth-order valence-electron chi connectivity index (χ4n) is 1.61. The first kappa shape index (κ1) is 12.2. The van der Waals surface area contributed by atoms with E-state index < -0.39 is 0 Å². The summed E-state index contributed by atoms with van der Waals surface area (Å²) in [7, 11) is 1.80. The molecule has 18 heavy (non-hydrogen) atoms. The van der Waals surface area contributed by atoms with Gasteiger partial charge in [0, 0.05) is 12.6 Å². The molecule has 1 heterocycles. The van der Waals surface area contributed by atoms with E-state index in [4.69, 9.17) is 9.84 Å². The molecule has 0 aliphatic rings. The molecule has 94 valence electrons. The van der Waals surface area contributed by atoms with E-state index in [9.17, 15) is 0 Å². The molecule has 1 aromatic heterocycles. The maximum Gasteiger partial charge on any atom is 0.336 e. The summed E-state index contributed by atoms with van der Waals surface area (Å²) in [5.74, 6) is 0.664. The van der Waals surface area contributed by atoms with Crippen molar-refractivity contribution in [3.05, 3.63) is 42.2 Å². The minimum absolute atomic E-state index is 0.00271. The molecule has 0 spiro atoms. The number of benzene rings is 1. The highest BCUT2D eigenvalue weighted by atomic mass is 16.5. The topological polar surface area (TPSA) is 60.2 Å². The molecule has 0 radical (unpaired) electrons. The third-order valence-corrected chi connectivity index (χ3v) is 2.39. The van der Waals surface area contributed by atoms with Gasteiger partial charge in [-0.1, -0.05) is 30.3 Å². The Hall–Kier alpha value is -2.30. The Bertz CT molecular complexity index is 575. The van der Waals surface area contributed by atoms with Crippen molar-refractivity contribution in [3.63, 3.8) is 0 Å². The number of aromatic nitrogens is 3. The van der Waals surface area contributed by atoms with Crippen molar-refractivity contribution in [2.45, 2.75) is 6.92 Å². The molecule has 2 aromatic rings. The number of rotatable bonds is 4. The van der Waals surface area contributed by atoms with Crippen molar-refractivity contribution in [1.82, 2.24) is 14.8 Å². The number of aryl methyl sites for hydroxylation is 2. The van der Waals surface area contributed by atoms with Crippen molar-refractivity contribution < 1.29 is 9.84 Å². The number of ether oxygens (including phenoxy) is 1. The van der Waals surface area contributed by atoms with Crippen LogP contribution in [0.3, 0.4) is 0 Å². The van der Waals surface area contributed by atoms with Gasteiger partial charge in [-0.2, -0.15) is 4.98 Å². The van der Waals surface area contributed by atoms with Crippen LogP contribution in [0.2, 0.25) is 0 Å². The largest absolute Gasteiger partial charge is 0.509 e. The molecule has 5 heteroatoms. The zero-order valence-corrected chi connectivity index (χ0v) is 10.4. The van der Waals surface area contributed by atoms with Gasteiger partial charge < -0.3 is 9.84 Å². The van der Waals surface area contributed by atoms with Gasteiger partial charge in [-0.25, -0.2) is 4.68 Å². The van der Waals surface area contributed by atoms with Gasteiger partial charge in [-0.05, 0) is 13.0 Å². The molecule has 0 aliphatic carbocycles. The normalized spacial score (nSPS) is 10.3. The van der Waals surface area contributed by atoms with Gasteiger partial charge in [0.2, 0.25) is 0 Å². The predicted molar refractivity (Wildman–Crippen MR) is 68.4 cm³/mol. The first-order valence-corrected chi connectivity index (χ1v) is 5.54. The fraction of sp³-hybridized carbons (Fsp3) is 0.231. The molecule has 0 bridgehead atoms. The lowest BCUT2D eigenvalue weighted by atomic mass is 10.1. The molecule has 0 atom stereocenters. The summed E-state index contributed by atoms with van der Waals surface area (Å²) in [6.07, 6.45) is 0. The molecular weight excluding hydrogens is 230 g/mol. The van der Waals surface area contributed by atoms with Crippen LogP contribution in [0.25, 0.3) is 11.4 Å². The first-order chi connectivity index (χ1) is 8.56. The molecular formula is C13H15N3O2. The summed E-state index contributed by atoms with van der Waals surface area (Å²) >= 11 is 0. The number of aliphatic hydroxyl groups excluding tert-OH is 1. The molecule has 0 saturated carbocycles. The maximum atomic E-state index is 8.96. The van der Waals surface area contributed by atoms with E-state index in [-0.39, 0.29) is 18.4 Å². The van der Waals surface area contributed by atoms with E-state index in [1.165, 1.54) is 0 Å². The second kappa shape index (κ2) is 4.91. The van der Waals surface area contributed by atoms with E-state index in [2.05, 4.69) is 16.7 Å². The Labute approximate surface area is 105 Å². The minimum atomic E-state index is -0.0560. The molecule has 0 fully saturated rings. The number of nitrogens with zero attached hydrogens (tertiary/aromatic N) is 3. The molecule has 1 aromatic carbocycles. The summed E-state index contributed by atoms with van der Waals surface area (Å²) < 4.78 is 6.83. The van der Waals surface area contributed by atoms with Gasteiger partial charge in [-0.3, -0.25) is 0 Å². The number of hydrogen-bond donors (Lipinski definition) is 1. The summed E-state index contributed by atoms with van der Waals surface area (Å²) in [5, 5.41) is 13.1. The lowest BCUT2D eigenvalue weighted by Gasteiger charge is -2.00. The van der Waals surface area contributed by atoms with Crippen LogP contribution in [-0.4, -0.2) is 26.5 Å². The second-order valence-corrected chi connectivity index (χ2v) is 4.07. The zero-order chi connectivity index (χ0) is 13.1. The lowest BCUT2D eigenvalue weighted by molar-refractivity contribution is 0.256. The van der Waals surface area contributed by atoms with Gasteiger partial charge in [0.15, 0.2) is 5.82 Å². The van der Waals surface area contributed by atoms with Crippen molar-refractivity contribution in [1.29, 1.82) is 0 Å². The van der Waals surface area contributed by atoms with Gasteiger partial charge in [0.1, 0.15) is 12.4 Å². The van der Waals surface area contributed by atoms with Crippen LogP contribution in [0.4, 0.5) is 0 Å². The Morgan fingerprint density at radius 2 is 2.28 bits per heavy atom. The van der Waals surface area contributed by atoms with Crippen molar-refractivity contribution in [2.75, 3.05) is 6.61 Å². The molecule has 0 amide bonds. The Balaban J connectivity index is 2.26. The highest BCUT2D eigenvalue weighted by Crippen LogP contribution is 2.20. The van der Waals surface area contributed by atoms with Crippen molar-refractivity contribution >= 4 is 0 Å². The van der Waals surface area contributed by atoms with Crippen LogP contribution >= 0.6 is 0 Å². The highest BCUT2D eigenvalue weighted by Gasteiger charge is 2.10. The Morgan fingerprint density at radius 3 is 2.94 bits per heavy atom. The highest BCUT2D eigenvalue weighted by molar-refractivity contribution is 5.56. The summed E-state index contributed by atoms with van der Waals surface area (Å²) in [5.41, 5.74) is 2.13. The Morgan fingerprint density at radius 1 is 1.50 bits per heavy atom. The van der Waals surface area contributed by atoms with Crippen LogP contribution in [0, 0.1) is 6.92 Å². The molecule has 0 unspecified atom stereocenters. The van der Waals surface area contributed by atoms with Crippen molar-refractivity contribution in [3.8, 4) is 17.4 Å². The smallest absolute Gasteiger partial charge is 0.336 e. The van der Waals surface area contributed by atoms with Gasteiger partial charge >= 0.3 is 6.01 Å². The third-order valence-electron chi connectivity index (χ3n) is 2.39. The molecule has 1 N–H and O–H groups in total. The molecule has 2 rings (SSSR count). The standard InChI is InChI=1S/C13H15N3O2/c1-9-5-4-6-11(7-9)12-14-13(15-16(12)3)18-8-10(2)17/h4-7,17H,2,8H2,1,3H3. The minimum Gasteiger partial charge on any atom is -0.509 e. The van der Waals surface area contributed by atoms with E-state index in [1.54, 1.807) is 11.7 Å². The monoisotopic (exact) mass is 245 g/mol. The summed E-state index contributed by atoms with van der Waals surface area (Å²) in [4.78, 5) is 4.27. The molecule has 5 nitrogen and oxygen atoms in total. The first-order valence-electron chi connectivity index (χ1n) is 5.54. The van der Waals surface area contributed by atoms with E-state index in [0.29, 0.717) is 0 Å². The Kier molecular flexibility index (Phi) is 3.32. The van der Waals surface area contributed by atoms with Crippen LogP contribution in [0.1, 0.15) is 5.56 Å². The SMILES string of the molecule is C=C(O)COc1nc(-c2cccc(C)c2)n(C)n1. The maximum absolute atomic E-state index is 8.96. The second-order valence-electron chi connectivity index (χ2n) is 4.07. The third kappa shape index (κ3) is 2.68. The van der Waals surface area contributed by atoms with Crippen molar-refractivity contribution in [2.24, 2.45) is 7.05 Å². The number of aliphatic hydroxyl groups is 1. The zero-order valence-electron chi connectivity index (χ0n) is 10.4. The quantitative estimate of drug-likeness (QED) is 0.839. The fourth-order valence-corrected chi connectivity index (χ4v) is 1.61. The van der Waals surface area contributed by atoms with Crippen LogP contribution in [0.5, 0.6) is 6.01 Å². The van der Waals surface area contributed by atoms with Crippen LogP contribution in [-0.2, 0) is 7.05 Å².